The molecule has 3 heterocycles. The summed E-state index contributed by atoms with van der Waals surface area (Å²) in [5, 5.41) is 13.5. The number of aromatic nitrogens is 5. The second-order valence-electron chi connectivity index (χ2n) is 9.16. The predicted octanol–water partition coefficient (Wildman–Crippen LogP) is 5.83. The molecule has 0 aliphatic carbocycles. The number of rotatable bonds is 7. The number of hydrogen-bond acceptors (Lipinski definition) is 9. The number of nitrogens with one attached hydrogen (secondary N) is 1. The van der Waals surface area contributed by atoms with Crippen molar-refractivity contribution in [2.75, 3.05) is 17.3 Å². The van der Waals surface area contributed by atoms with Gasteiger partial charge in [0.2, 0.25) is 0 Å². The van der Waals surface area contributed by atoms with Crippen LogP contribution in [0.25, 0.3) is 31.8 Å². The molecule has 10 nitrogen and oxygen atoms in total. The van der Waals surface area contributed by atoms with Crippen LogP contribution in [0.3, 0.4) is 0 Å². The van der Waals surface area contributed by atoms with Crippen LogP contribution in [-0.4, -0.2) is 55.3 Å². The zero-order valence-electron chi connectivity index (χ0n) is 21.9. The van der Waals surface area contributed by atoms with Gasteiger partial charge < -0.3 is 15.2 Å². The second kappa shape index (κ2) is 10.4. The van der Waals surface area contributed by atoms with Gasteiger partial charge in [0.15, 0.2) is 11.6 Å². The molecule has 0 aliphatic rings. The number of aryl methyl sites for hydroxylation is 2. The molecule has 0 saturated carbocycles. The quantitative estimate of drug-likeness (QED) is 0.259. The van der Waals surface area contributed by atoms with Gasteiger partial charge in [0.1, 0.15) is 22.8 Å². The maximum Gasteiger partial charge on any atom is 0.412 e. The smallest absolute Gasteiger partial charge is 0.412 e. The standard InChI is InChI=1S/C27H26FN7O3S/c1-13-6-18(25-21(7-13)33-24(29-5)12-32-25)26-34-20-8-19(28)22(9-23(20)39-26)38-15(3)14(2)35(27(36)37)17-10-30-16(4)31-11-17/h6-12,14-15H,1-5H3,(H,29,33)(H,36,37)/t14-,15+/m1/s1. The minimum absolute atomic E-state index is 0.00935. The van der Waals surface area contributed by atoms with E-state index in [9.17, 15) is 9.90 Å². The number of nitrogens with zero attached hydrogens (tertiary/aromatic N) is 6. The molecule has 2 N–H and O–H groups in total. The normalized spacial score (nSPS) is 12.9. The van der Waals surface area contributed by atoms with Crippen LogP contribution in [0.2, 0.25) is 0 Å². The molecule has 5 aromatic rings. The fraction of sp³-hybridized carbons (Fsp3) is 0.259. The van der Waals surface area contributed by atoms with Gasteiger partial charge in [-0.2, -0.15) is 0 Å². The summed E-state index contributed by atoms with van der Waals surface area (Å²) in [5.74, 6) is 0.599. The fourth-order valence-electron chi connectivity index (χ4n) is 4.22. The van der Waals surface area contributed by atoms with Crippen LogP contribution >= 0.6 is 11.3 Å². The summed E-state index contributed by atoms with van der Waals surface area (Å²) < 4.78 is 21.8. The molecule has 2 atom stereocenters. The highest BCUT2D eigenvalue weighted by Gasteiger charge is 2.29. The Hall–Kier alpha value is -4.45. The molecular weight excluding hydrogens is 521 g/mol. The maximum absolute atomic E-state index is 15.1. The largest absolute Gasteiger partial charge is 0.485 e. The minimum Gasteiger partial charge on any atom is -0.485 e. The third kappa shape index (κ3) is 5.15. The molecule has 0 spiro atoms. The van der Waals surface area contributed by atoms with Crippen molar-refractivity contribution in [1.82, 2.24) is 24.9 Å². The number of hydrogen-bond donors (Lipinski definition) is 2. The van der Waals surface area contributed by atoms with Crippen molar-refractivity contribution in [2.45, 2.75) is 39.8 Å². The van der Waals surface area contributed by atoms with Gasteiger partial charge in [-0.15, -0.1) is 11.3 Å². The lowest BCUT2D eigenvalue weighted by molar-refractivity contribution is 0.167. The summed E-state index contributed by atoms with van der Waals surface area (Å²) in [5.41, 5.74) is 4.03. The van der Waals surface area contributed by atoms with Crippen LogP contribution in [0.1, 0.15) is 25.2 Å². The van der Waals surface area contributed by atoms with Gasteiger partial charge in [-0.1, -0.05) is 0 Å². The Balaban J connectivity index is 1.46. The molecule has 3 aromatic heterocycles. The fourth-order valence-corrected chi connectivity index (χ4v) is 5.22. The number of halogens is 1. The molecule has 0 unspecified atom stereocenters. The zero-order valence-corrected chi connectivity index (χ0v) is 22.7. The number of carbonyl (C=O) groups is 1. The highest BCUT2D eigenvalue weighted by atomic mass is 32.1. The summed E-state index contributed by atoms with van der Waals surface area (Å²) in [7, 11) is 1.78. The van der Waals surface area contributed by atoms with E-state index in [4.69, 9.17) is 4.74 Å². The van der Waals surface area contributed by atoms with Gasteiger partial charge >= 0.3 is 6.09 Å². The summed E-state index contributed by atoms with van der Waals surface area (Å²) in [4.78, 5) is 35.1. The SMILES string of the molecule is CNc1cnc2c(-c3nc4cc(F)c(O[C@@H](C)[C@@H](C)N(C(=O)O)c5cnc(C)nc5)cc4s3)cc(C)cc2n1. The molecule has 5 rings (SSSR count). The Labute approximate surface area is 227 Å². The van der Waals surface area contributed by atoms with E-state index >= 15 is 4.39 Å². The first-order chi connectivity index (χ1) is 18.6. The molecule has 0 radical (unpaired) electrons. The Morgan fingerprint density at radius 1 is 1.05 bits per heavy atom. The van der Waals surface area contributed by atoms with Crippen LogP contribution in [0.5, 0.6) is 5.75 Å². The number of amides is 1. The van der Waals surface area contributed by atoms with E-state index in [1.165, 1.54) is 29.8 Å². The average molecular weight is 548 g/mol. The lowest BCUT2D eigenvalue weighted by Gasteiger charge is -2.30. The maximum atomic E-state index is 15.1. The van der Waals surface area contributed by atoms with Crippen molar-refractivity contribution in [3.05, 3.63) is 60.1 Å². The van der Waals surface area contributed by atoms with Crippen LogP contribution in [-0.2, 0) is 0 Å². The van der Waals surface area contributed by atoms with Crippen molar-refractivity contribution < 1.29 is 19.0 Å². The van der Waals surface area contributed by atoms with Crippen molar-refractivity contribution in [1.29, 1.82) is 0 Å². The molecule has 39 heavy (non-hydrogen) atoms. The predicted molar refractivity (Wildman–Crippen MR) is 149 cm³/mol. The minimum atomic E-state index is -1.19. The van der Waals surface area contributed by atoms with E-state index in [1.807, 2.05) is 19.1 Å². The van der Waals surface area contributed by atoms with Crippen molar-refractivity contribution >= 4 is 50.2 Å². The van der Waals surface area contributed by atoms with Crippen LogP contribution < -0.4 is 15.0 Å². The first-order valence-corrected chi connectivity index (χ1v) is 13.0. The Morgan fingerprint density at radius 3 is 2.49 bits per heavy atom. The summed E-state index contributed by atoms with van der Waals surface area (Å²) >= 11 is 1.39. The van der Waals surface area contributed by atoms with E-state index < -0.39 is 24.1 Å². The van der Waals surface area contributed by atoms with Crippen LogP contribution in [0, 0.1) is 19.7 Å². The lowest BCUT2D eigenvalue weighted by atomic mass is 10.1. The van der Waals surface area contributed by atoms with Gasteiger partial charge in [0.05, 0.1) is 51.6 Å². The molecule has 2 aromatic carbocycles. The molecule has 1 amide bonds. The summed E-state index contributed by atoms with van der Waals surface area (Å²) in [6.45, 7) is 7.06. The van der Waals surface area contributed by atoms with Gasteiger partial charge in [0, 0.05) is 24.7 Å². The Morgan fingerprint density at radius 2 is 1.79 bits per heavy atom. The average Bonchev–Trinajstić information content (AvgIpc) is 3.31. The number of benzene rings is 2. The monoisotopic (exact) mass is 547 g/mol. The number of anilines is 2. The molecule has 0 aliphatic heterocycles. The number of carboxylic acid groups (broad SMARTS) is 1. The number of thiazole rings is 1. The third-order valence-electron chi connectivity index (χ3n) is 6.37. The van der Waals surface area contributed by atoms with E-state index in [0.717, 1.165) is 26.2 Å². The highest BCUT2D eigenvalue weighted by Crippen LogP contribution is 2.37. The number of fused-ring (bicyclic) bond motifs is 2. The van der Waals surface area contributed by atoms with Crippen molar-refractivity contribution in [3.8, 4) is 16.3 Å². The topological polar surface area (TPSA) is 126 Å². The van der Waals surface area contributed by atoms with Crippen molar-refractivity contribution in [2.24, 2.45) is 0 Å². The molecule has 12 heteroatoms. The molecule has 200 valence electrons. The molecule has 0 bridgehead atoms. The van der Waals surface area contributed by atoms with Gasteiger partial charge in [0.25, 0.3) is 0 Å². The van der Waals surface area contributed by atoms with E-state index in [2.05, 4.69) is 30.2 Å². The first-order valence-electron chi connectivity index (χ1n) is 12.2. The molecule has 0 saturated heterocycles. The van der Waals surface area contributed by atoms with Gasteiger partial charge in [-0.25, -0.2) is 29.1 Å². The first kappa shape index (κ1) is 26.2. The zero-order chi connectivity index (χ0) is 27.8. The van der Waals surface area contributed by atoms with E-state index in [1.54, 1.807) is 40.1 Å². The third-order valence-corrected chi connectivity index (χ3v) is 7.42. The van der Waals surface area contributed by atoms with Gasteiger partial charge in [-0.3, -0.25) is 9.88 Å². The van der Waals surface area contributed by atoms with Crippen molar-refractivity contribution in [3.63, 3.8) is 0 Å². The Kier molecular flexibility index (Phi) is 6.96. The van der Waals surface area contributed by atoms with Gasteiger partial charge in [-0.05, 0) is 45.4 Å². The Bertz CT molecular complexity index is 1690. The van der Waals surface area contributed by atoms with E-state index in [-0.39, 0.29) is 5.75 Å². The lowest BCUT2D eigenvalue weighted by Crippen LogP contribution is -2.46. The highest BCUT2D eigenvalue weighted by molar-refractivity contribution is 7.21. The second-order valence-corrected chi connectivity index (χ2v) is 10.2. The summed E-state index contributed by atoms with van der Waals surface area (Å²) in [6, 6.07) is 6.20. The summed E-state index contributed by atoms with van der Waals surface area (Å²) in [6.07, 6.45) is 2.64. The van der Waals surface area contributed by atoms with E-state index in [0.29, 0.717) is 33.4 Å². The molecular formula is C27H26FN7O3S. The van der Waals surface area contributed by atoms with Crippen LogP contribution in [0.15, 0.2) is 42.9 Å². The number of ether oxygens (including phenoxy) is 1. The molecule has 0 fully saturated rings. The van der Waals surface area contributed by atoms with Crippen LogP contribution in [0.4, 0.5) is 20.7 Å².